The van der Waals surface area contributed by atoms with Crippen molar-refractivity contribution in [1.82, 2.24) is 19.8 Å². The summed E-state index contributed by atoms with van der Waals surface area (Å²) in [6, 6.07) is 7.04. The molecule has 144 valence electrons. The lowest BCUT2D eigenvalue weighted by molar-refractivity contribution is -0.165. The molecular formula is C20H19FN4O3. The second-order valence-corrected chi connectivity index (χ2v) is 7.15. The fourth-order valence-corrected chi connectivity index (χ4v) is 4.12. The molecule has 3 heterocycles. The number of amides is 2. The fraction of sp³-hybridized carbons (Fsp3) is 0.350. The summed E-state index contributed by atoms with van der Waals surface area (Å²) in [5, 5.41) is 0. The standard InChI is InChI=1S/C20H19FN4O3/c1-24-16(18-22-8-2-9-23-18)14-7-10-25(11-12-3-5-13(21)6-4-12)19(27)15(14)17(26)20(24)28/h2-6,8-9,14-16H,7,10-11H2,1H3. The van der Waals surface area contributed by atoms with Gasteiger partial charge in [0, 0.05) is 38.4 Å². The summed E-state index contributed by atoms with van der Waals surface area (Å²) >= 11 is 0. The van der Waals surface area contributed by atoms with Crippen LogP contribution in [-0.2, 0) is 20.9 Å². The highest BCUT2D eigenvalue weighted by molar-refractivity contribution is 6.41. The van der Waals surface area contributed by atoms with Crippen molar-refractivity contribution in [3.8, 4) is 0 Å². The van der Waals surface area contributed by atoms with Crippen LogP contribution in [0.5, 0.6) is 0 Å². The van der Waals surface area contributed by atoms with E-state index in [1.807, 2.05) is 0 Å². The maximum atomic E-state index is 13.1. The van der Waals surface area contributed by atoms with Crippen LogP contribution in [0.25, 0.3) is 0 Å². The Kier molecular flexibility index (Phi) is 4.62. The van der Waals surface area contributed by atoms with Crippen molar-refractivity contribution in [1.29, 1.82) is 0 Å². The van der Waals surface area contributed by atoms with Gasteiger partial charge in [0.1, 0.15) is 11.7 Å². The zero-order chi connectivity index (χ0) is 19.8. The molecule has 0 bridgehead atoms. The number of ketones is 1. The number of carbonyl (C=O) groups excluding carboxylic acids is 3. The van der Waals surface area contributed by atoms with Gasteiger partial charge < -0.3 is 9.80 Å². The smallest absolute Gasteiger partial charge is 0.291 e. The van der Waals surface area contributed by atoms with E-state index in [2.05, 4.69) is 9.97 Å². The van der Waals surface area contributed by atoms with Gasteiger partial charge in [0.15, 0.2) is 5.82 Å². The Bertz CT molecular complexity index is 919. The quantitative estimate of drug-likeness (QED) is 0.591. The number of likely N-dealkylation sites (tertiary alicyclic amines) is 2. The molecule has 2 saturated heterocycles. The number of rotatable bonds is 3. The van der Waals surface area contributed by atoms with Crippen LogP contribution >= 0.6 is 0 Å². The van der Waals surface area contributed by atoms with Crippen molar-refractivity contribution >= 4 is 17.6 Å². The molecule has 3 unspecified atom stereocenters. The van der Waals surface area contributed by atoms with Crippen LogP contribution in [0.3, 0.4) is 0 Å². The summed E-state index contributed by atoms with van der Waals surface area (Å²) in [6.45, 7) is 0.710. The maximum absolute atomic E-state index is 13.1. The van der Waals surface area contributed by atoms with Crippen LogP contribution in [0.2, 0.25) is 0 Å². The first-order chi connectivity index (χ1) is 13.5. The Morgan fingerprint density at radius 2 is 1.79 bits per heavy atom. The van der Waals surface area contributed by atoms with E-state index in [4.69, 9.17) is 0 Å². The number of benzene rings is 1. The molecule has 2 aromatic rings. The van der Waals surface area contributed by atoms with Crippen LogP contribution in [0.1, 0.15) is 23.9 Å². The molecule has 0 radical (unpaired) electrons. The van der Waals surface area contributed by atoms with Crippen molar-refractivity contribution in [2.24, 2.45) is 11.8 Å². The van der Waals surface area contributed by atoms with Gasteiger partial charge in [0.2, 0.25) is 11.7 Å². The number of likely N-dealkylation sites (N-methyl/N-ethyl adjacent to an activating group) is 1. The molecule has 8 heteroatoms. The van der Waals surface area contributed by atoms with E-state index in [1.165, 1.54) is 17.0 Å². The third-order valence-electron chi connectivity index (χ3n) is 5.51. The van der Waals surface area contributed by atoms with Crippen LogP contribution in [0.4, 0.5) is 4.39 Å². The normalized spacial score (nSPS) is 25.1. The van der Waals surface area contributed by atoms with Crippen LogP contribution in [0, 0.1) is 17.7 Å². The minimum absolute atomic E-state index is 0.270. The summed E-state index contributed by atoms with van der Waals surface area (Å²) in [7, 11) is 1.55. The van der Waals surface area contributed by atoms with Crippen LogP contribution < -0.4 is 0 Å². The number of carbonyl (C=O) groups is 3. The second kappa shape index (κ2) is 7.10. The lowest BCUT2D eigenvalue weighted by Crippen LogP contribution is -2.59. The molecule has 2 aliphatic heterocycles. The van der Waals surface area contributed by atoms with Gasteiger partial charge in [-0.1, -0.05) is 12.1 Å². The van der Waals surface area contributed by atoms with Crippen molar-refractivity contribution in [3.63, 3.8) is 0 Å². The number of nitrogens with zero attached hydrogens (tertiary/aromatic N) is 4. The molecule has 1 aromatic heterocycles. The van der Waals surface area contributed by atoms with Crippen molar-refractivity contribution in [2.75, 3.05) is 13.6 Å². The molecule has 28 heavy (non-hydrogen) atoms. The SMILES string of the molecule is CN1C(=O)C(=O)C2C(=O)N(Cc3ccc(F)cc3)CCC2C1c1ncccn1. The molecule has 0 saturated carbocycles. The number of Topliss-reactive ketones (excluding diaryl/α,β-unsaturated/α-hetero) is 1. The van der Waals surface area contributed by atoms with Crippen molar-refractivity contribution in [2.45, 2.75) is 19.0 Å². The average molecular weight is 382 g/mol. The van der Waals surface area contributed by atoms with E-state index >= 15 is 0 Å². The molecule has 0 N–H and O–H groups in total. The van der Waals surface area contributed by atoms with Gasteiger partial charge >= 0.3 is 0 Å². The zero-order valence-electron chi connectivity index (χ0n) is 15.3. The number of hydrogen-bond acceptors (Lipinski definition) is 5. The second-order valence-electron chi connectivity index (χ2n) is 7.15. The highest BCUT2D eigenvalue weighted by Gasteiger charge is 2.54. The number of piperidine rings is 2. The van der Waals surface area contributed by atoms with E-state index in [0.717, 1.165) is 5.56 Å². The summed E-state index contributed by atoms with van der Waals surface area (Å²) in [5.41, 5.74) is 0.767. The molecule has 2 fully saturated rings. The van der Waals surface area contributed by atoms with E-state index in [-0.39, 0.29) is 24.2 Å². The molecule has 4 rings (SSSR count). The minimum Gasteiger partial charge on any atom is -0.338 e. The van der Waals surface area contributed by atoms with Gasteiger partial charge in [-0.05, 0) is 30.2 Å². The average Bonchev–Trinajstić information content (AvgIpc) is 2.70. The molecular weight excluding hydrogens is 363 g/mol. The first-order valence-corrected chi connectivity index (χ1v) is 9.08. The molecule has 3 atom stereocenters. The molecule has 2 amide bonds. The monoisotopic (exact) mass is 382 g/mol. The highest BCUT2D eigenvalue weighted by Crippen LogP contribution is 2.42. The largest absolute Gasteiger partial charge is 0.338 e. The number of fused-ring (bicyclic) bond motifs is 1. The van der Waals surface area contributed by atoms with Gasteiger partial charge in [-0.2, -0.15) is 0 Å². The maximum Gasteiger partial charge on any atom is 0.291 e. The lowest BCUT2D eigenvalue weighted by Gasteiger charge is -2.46. The van der Waals surface area contributed by atoms with Crippen molar-refractivity contribution < 1.29 is 18.8 Å². The third-order valence-corrected chi connectivity index (χ3v) is 5.51. The lowest BCUT2D eigenvalue weighted by atomic mass is 9.73. The minimum atomic E-state index is -1.04. The van der Waals surface area contributed by atoms with E-state index in [0.29, 0.717) is 18.8 Å². The molecule has 0 spiro atoms. The van der Waals surface area contributed by atoms with Crippen LogP contribution in [-0.4, -0.2) is 51.0 Å². The van der Waals surface area contributed by atoms with Gasteiger partial charge in [-0.3, -0.25) is 14.4 Å². The fourth-order valence-electron chi connectivity index (χ4n) is 4.12. The predicted molar refractivity (Wildman–Crippen MR) is 96.0 cm³/mol. The van der Waals surface area contributed by atoms with Crippen LogP contribution in [0.15, 0.2) is 42.7 Å². The zero-order valence-corrected chi connectivity index (χ0v) is 15.3. The van der Waals surface area contributed by atoms with Gasteiger partial charge in [0.25, 0.3) is 5.91 Å². The Hall–Kier alpha value is -3.16. The van der Waals surface area contributed by atoms with Gasteiger partial charge in [-0.25, -0.2) is 14.4 Å². The summed E-state index contributed by atoms with van der Waals surface area (Å²) < 4.78 is 13.1. The topological polar surface area (TPSA) is 83.5 Å². The van der Waals surface area contributed by atoms with Gasteiger partial charge in [-0.15, -0.1) is 0 Å². The van der Waals surface area contributed by atoms with E-state index in [9.17, 15) is 18.8 Å². The van der Waals surface area contributed by atoms with E-state index < -0.39 is 23.7 Å². The van der Waals surface area contributed by atoms with Gasteiger partial charge in [0.05, 0.1) is 6.04 Å². The summed E-state index contributed by atoms with van der Waals surface area (Å²) in [6.07, 6.45) is 3.71. The first kappa shape index (κ1) is 18.2. The predicted octanol–water partition coefficient (Wildman–Crippen LogP) is 1.36. The summed E-state index contributed by atoms with van der Waals surface area (Å²) in [5.74, 6) is -3.07. The highest BCUT2D eigenvalue weighted by atomic mass is 19.1. The molecule has 2 aliphatic rings. The van der Waals surface area contributed by atoms with E-state index in [1.54, 1.807) is 42.5 Å². The number of aromatic nitrogens is 2. The Labute approximate surface area is 161 Å². The number of hydrogen-bond donors (Lipinski definition) is 0. The molecule has 7 nitrogen and oxygen atoms in total. The third kappa shape index (κ3) is 3.04. The molecule has 0 aliphatic carbocycles. The van der Waals surface area contributed by atoms with Crippen molar-refractivity contribution in [3.05, 3.63) is 59.9 Å². The Morgan fingerprint density at radius 1 is 1.11 bits per heavy atom. The Morgan fingerprint density at radius 3 is 2.46 bits per heavy atom. The summed E-state index contributed by atoms with van der Waals surface area (Å²) in [4.78, 5) is 49.7. The molecule has 1 aromatic carbocycles. The number of halogens is 1. The first-order valence-electron chi connectivity index (χ1n) is 9.08. The Balaban J connectivity index is 1.62.